The van der Waals surface area contributed by atoms with Gasteiger partial charge in [0.25, 0.3) is 0 Å². The summed E-state index contributed by atoms with van der Waals surface area (Å²) in [5.74, 6) is 1.70. The predicted molar refractivity (Wildman–Crippen MR) is 55.3 cm³/mol. The Morgan fingerprint density at radius 2 is 1.92 bits per heavy atom. The largest absolute Gasteiger partial charge is 0.368 e. The van der Waals surface area contributed by atoms with Crippen LogP contribution in [0.5, 0.6) is 0 Å². The average molecular weight is 183 g/mol. The van der Waals surface area contributed by atoms with Crippen LogP contribution in [0.15, 0.2) is 0 Å². The fourth-order valence-electron chi connectivity index (χ4n) is 2.52. The molecule has 2 aliphatic rings. The Morgan fingerprint density at radius 1 is 1.25 bits per heavy atom. The third kappa shape index (κ3) is 1.37. The van der Waals surface area contributed by atoms with Crippen molar-refractivity contribution in [1.82, 2.24) is 4.90 Å². The zero-order valence-corrected chi connectivity index (χ0v) is 8.57. The normalized spacial score (nSPS) is 31.9. The lowest BCUT2D eigenvalue weighted by molar-refractivity contribution is 0.212. The SMILES string of the molecule is CN1CC(C2CCCCC2)C1=S. The first kappa shape index (κ1) is 8.49. The van der Waals surface area contributed by atoms with Gasteiger partial charge >= 0.3 is 0 Å². The smallest absolute Gasteiger partial charge is 0.0828 e. The molecule has 2 heteroatoms. The van der Waals surface area contributed by atoms with Gasteiger partial charge in [-0.1, -0.05) is 31.5 Å². The van der Waals surface area contributed by atoms with Gasteiger partial charge in [-0.3, -0.25) is 0 Å². The van der Waals surface area contributed by atoms with Gasteiger partial charge < -0.3 is 4.90 Å². The Balaban J connectivity index is 1.88. The van der Waals surface area contributed by atoms with Crippen molar-refractivity contribution < 1.29 is 0 Å². The molecule has 1 aliphatic carbocycles. The van der Waals surface area contributed by atoms with Crippen LogP contribution in [0.4, 0.5) is 0 Å². The minimum absolute atomic E-state index is 0.769. The van der Waals surface area contributed by atoms with Gasteiger partial charge in [0.05, 0.1) is 4.99 Å². The third-order valence-corrected chi connectivity index (χ3v) is 4.00. The maximum Gasteiger partial charge on any atom is 0.0828 e. The Hall–Kier alpha value is -0.110. The van der Waals surface area contributed by atoms with Gasteiger partial charge in [-0.2, -0.15) is 0 Å². The minimum Gasteiger partial charge on any atom is -0.368 e. The number of rotatable bonds is 1. The van der Waals surface area contributed by atoms with E-state index >= 15 is 0 Å². The molecule has 1 heterocycles. The van der Waals surface area contributed by atoms with Gasteiger partial charge in [0.1, 0.15) is 0 Å². The molecule has 0 bridgehead atoms. The van der Waals surface area contributed by atoms with E-state index in [0.29, 0.717) is 0 Å². The second-order valence-electron chi connectivity index (χ2n) is 4.22. The van der Waals surface area contributed by atoms with Crippen LogP contribution in [0.1, 0.15) is 32.1 Å². The molecule has 0 aromatic carbocycles. The molecule has 2 rings (SSSR count). The second kappa shape index (κ2) is 3.33. The molecular weight excluding hydrogens is 166 g/mol. The van der Waals surface area contributed by atoms with Crippen LogP contribution in [0.3, 0.4) is 0 Å². The Labute approximate surface area is 80.1 Å². The molecule has 1 saturated heterocycles. The highest BCUT2D eigenvalue weighted by Crippen LogP contribution is 2.35. The minimum atomic E-state index is 0.769. The molecule has 0 aromatic heterocycles. The van der Waals surface area contributed by atoms with Crippen LogP contribution < -0.4 is 0 Å². The highest BCUT2D eigenvalue weighted by molar-refractivity contribution is 7.80. The molecule has 1 nitrogen and oxygen atoms in total. The molecule has 0 amide bonds. The van der Waals surface area contributed by atoms with Crippen LogP contribution in [-0.4, -0.2) is 23.5 Å². The van der Waals surface area contributed by atoms with Crippen molar-refractivity contribution in [2.75, 3.05) is 13.6 Å². The van der Waals surface area contributed by atoms with E-state index in [0.717, 1.165) is 11.8 Å². The van der Waals surface area contributed by atoms with Crippen molar-refractivity contribution in [1.29, 1.82) is 0 Å². The van der Waals surface area contributed by atoms with E-state index in [4.69, 9.17) is 12.2 Å². The summed E-state index contributed by atoms with van der Waals surface area (Å²) in [6.07, 6.45) is 7.18. The van der Waals surface area contributed by atoms with Crippen molar-refractivity contribution in [3.63, 3.8) is 0 Å². The van der Waals surface area contributed by atoms with Crippen LogP contribution in [0.2, 0.25) is 0 Å². The standard InChI is InChI=1S/C10H17NS/c1-11-7-9(10(11)12)8-5-3-2-4-6-8/h8-9H,2-7H2,1H3. The number of likely N-dealkylation sites (tertiary alicyclic amines) is 1. The lowest BCUT2D eigenvalue weighted by Gasteiger charge is -2.44. The van der Waals surface area contributed by atoms with E-state index in [-0.39, 0.29) is 0 Å². The van der Waals surface area contributed by atoms with Crippen molar-refractivity contribution in [3.05, 3.63) is 0 Å². The molecule has 1 aliphatic heterocycles. The van der Waals surface area contributed by atoms with Crippen LogP contribution in [0, 0.1) is 11.8 Å². The van der Waals surface area contributed by atoms with Crippen LogP contribution in [0.25, 0.3) is 0 Å². The third-order valence-electron chi connectivity index (χ3n) is 3.38. The van der Waals surface area contributed by atoms with E-state index in [1.54, 1.807) is 0 Å². The van der Waals surface area contributed by atoms with Crippen LogP contribution >= 0.6 is 12.2 Å². The molecule has 1 unspecified atom stereocenters. The number of hydrogen-bond donors (Lipinski definition) is 0. The fourth-order valence-corrected chi connectivity index (χ4v) is 2.86. The van der Waals surface area contributed by atoms with E-state index in [1.165, 1.54) is 43.6 Å². The quantitative estimate of drug-likeness (QED) is 0.574. The molecule has 1 atom stereocenters. The second-order valence-corrected chi connectivity index (χ2v) is 4.64. The first-order valence-electron chi connectivity index (χ1n) is 5.04. The summed E-state index contributed by atoms with van der Waals surface area (Å²) in [6, 6.07) is 0. The fraction of sp³-hybridized carbons (Fsp3) is 0.900. The van der Waals surface area contributed by atoms with Crippen molar-refractivity contribution in [3.8, 4) is 0 Å². The maximum atomic E-state index is 5.33. The zero-order chi connectivity index (χ0) is 8.55. The molecular formula is C10H17NS. The summed E-state index contributed by atoms with van der Waals surface area (Å²) in [4.78, 5) is 3.44. The van der Waals surface area contributed by atoms with E-state index in [1.807, 2.05) is 0 Å². The molecule has 0 radical (unpaired) electrons. The number of nitrogens with zero attached hydrogens (tertiary/aromatic N) is 1. The highest BCUT2D eigenvalue weighted by Gasteiger charge is 2.36. The topological polar surface area (TPSA) is 3.24 Å². The number of hydrogen-bond acceptors (Lipinski definition) is 1. The maximum absolute atomic E-state index is 5.33. The summed E-state index contributed by atoms with van der Waals surface area (Å²) < 4.78 is 0. The van der Waals surface area contributed by atoms with Crippen molar-refractivity contribution >= 4 is 17.2 Å². The zero-order valence-electron chi connectivity index (χ0n) is 7.75. The molecule has 2 fully saturated rings. The van der Waals surface area contributed by atoms with Gasteiger partial charge in [0.15, 0.2) is 0 Å². The van der Waals surface area contributed by atoms with E-state index in [2.05, 4.69) is 11.9 Å². The number of thiocarbonyl (C=S) groups is 1. The molecule has 0 N–H and O–H groups in total. The average Bonchev–Trinajstić information content (AvgIpc) is 2.15. The van der Waals surface area contributed by atoms with Gasteiger partial charge in [-0.15, -0.1) is 0 Å². The summed E-state index contributed by atoms with van der Waals surface area (Å²) in [6.45, 7) is 1.23. The first-order chi connectivity index (χ1) is 5.79. The predicted octanol–water partition coefficient (Wildman–Crippen LogP) is 2.46. The summed E-state index contributed by atoms with van der Waals surface area (Å²) in [5.41, 5.74) is 0. The first-order valence-corrected chi connectivity index (χ1v) is 5.45. The summed E-state index contributed by atoms with van der Waals surface area (Å²) in [5, 5.41) is 0. The van der Waals surface area contributed by atoms with E-state index < -0.39 is 0 Å². The monoisotopic (exact) mass is 183 g/mol. The Bertz CT molecular complexity index is 184. The molecule has 12 heavy (non-hydrogen) atoms. The Kier molecular flexibility index (Phi) is 2.35. The van der Waals surface area contributed by atoms with Crippen molar-refractivity contribution in [2.45, 2.75) is 32.1 Å². The molecule has 68 valence electrons. The van der Waals surface area contributed by atoms with Crippen LogP contribution in [-0.2, 0) is 0 Å². The van der Waals surface area contributed by atoms with Gasteiger partial charge in [0, 0.05) is 19.5 Å². The molecule has 0 aromatic rings. The van der Waals surface area contributed by atoms with Gasteiger partial charge in [-0.25, -0.2) is 0 Å². The highest BCUT2D eigenvalue weighted by atomic mass is 32.1. The Morgan fingerprint density at radius 3 is 2.42 bits per heavy atom. The molecule has 0 spiro atoms. The molecule has 1 saturated carbocycles. The summed E-state index contributed by atoms with van der Waals surface area (Å²) >= 11 is 5.33. The lowest BCUT2D eigenvalue weighted by Crippen LogP contribution is -2.52. The van der Waals surface area contributed by atoms with Gasteiger partial charge in [-0.05, 0) is 18.8 Å². The van der Waals surface area contributed by atoms with E-state index in [9.17, 15) is 0 Å². The summed E-state index contributed by atoms with van der Waals surface area (Å²) in [7, 11) is 2.11. The van der Waals surface area contributed by atoms with Gasteiger partial charge in [0.2, 0.25) is 0 Å². The lowest BCUT2D eigenvalue weighted by atomic mass is 9.76. The van der Waals surface area contributed by atoms with Crippen molar-refractivity contribution in [2.24, 2.45) is 11.8 Å².